The molecule has 1 saturated carbocycles. The zero-order valence-electron chi connectivity index (χ0n) is 55.8. The van der Waals surface area contributed by atoms with Crippen molar-refractivity contribution in [3.63, 3.8) is 0 Å². The number of hydrogen-bond acceptors (Lipinski definition) is 22. The molecular weight excluding hydrogens is 1210 g/mol. The van der Waals surface area contributed by atoms with Crippen LogP contribution in [0.4, 0.5) is 0 Å². The molecule has 4 amide bonds. The van der Waals surface area contributed by atoms with Gasteiger partial charge in [-0.05, 0) is 25.7 Å². The highest BCUT2D eigenvalue weighted by Crippen LogP contribution is 2.34. The number of esters is 2. The van der Waals surface area contributed by atoms with Crippen LogP contribution < -0.4 is 28.0 Å². The monoisotopic (exact) mass is 1330 g/mol. The van der Waals surface area contributed by atoms with E-state index in [9.17, 15) is 38.4 Å². The number of nitrogens with zero attached hydrogens (tertiary/aromatic N) is 1. The van der Waals surface area contributed by atoms with Gasteiger partial charge in [-0.25, -0.2) is 5.48 Å². The van der Waals surface area contributed by atoms with E-state index >= 15 is 0 Å². The van der Waals surface area contributed by atoms with E-state index in [1.807, 2.05) is 0 Å². The normalized spacial score (nSPS) is 15.4. The van der Waals surface area contributed by atoms with Crippen molar-refractivity contribution in [2.75, 3.05) is 117 Å². The summed E-state index contributed by atoms with van der Waals surface area (Å²) >= 11 is 2.09. The summed E-state index contributed by atoms with van der Waals surface area (Å²) in [6.07, 6.45) is 32.3. The number of rotatable bonds is 67. The van der Waals surface area contributed by atoms with E-state index in [-0.39, 0.29) is 81.2 Å². The first kappa shape index (κ1) is 83.7. The molecule has 2 rings (SSSR count). The Morgan fingerprint density at radius 3 is 1.46 bits per heavy atom. The molecule has 0 spiro atoms. The molecule has 23 nitrogen and oxygen atoms in total. The number of amides is 4. The van der Waals surface area contributed by atoms with Crippen molar-refractivity contribution >= 4 is 70.7 Å². The maximum absolute atomic E-state index is 13.4. The summed E-state index contributed by atoms with van der Waals surface area (Å²) in [6.45, 7) is 8.24. The van der Waals surface area contributed by atoms with Gasteiger partial charge < -0.3 is 60.4 Å². The van der Waals surface area contributed by atoms with Gasteiger partial charge in [0.1, 0.15) is 18.1 Å². The fourth-order valence-corrected chi connectivity index (χ4v) is 12.0. The van der Waals surface area contributed by atoms with Crippen LogP contribution in [0.15, 0.2) is 0 Å². The molecule has 2 aliphatic rings. The van der Waals surface area contributed by atoms with Gasteiger partial charge >= 0.3 is 11.9 Å². The molecular formula is C66H120N6O17S2. The predicted octanol–water partition coefficient (Wildman–Crippen LogP) is 8.28. The van der Waals surface area contributed by atoms with Crippen LogP contribution in [-0.2, 0) is 81.1 Å². The van der Waals surface area contributed by atoms with E-state index in [0.717, 1.165) is 74.4 Å². The molecule has 4 unspecified atom stereocenters. The minimum absolute atomic E-state index is 0.0595. The second kappa shape index (κ2) is 57.0. The standard InChI is InChI=1S/C66H120N6O17S2/c1-3-5-7-9-11-13-15-17-19-21-23-25-27-29-61(77)87-50-54(89-62(78)30-28-26-24-22-20-18-16-14-12-10-8-6-4-2)52-90-53-55(67)63(79)64(68)91-56-49-60(76)72(65(56)80)36-31-58(74)71-88-51-59(75)70-35-38-82-40-42-84-44-46-86-48-47-85-45-43-83-41-39-81-37-32-57(73)66(69)33-34-66/h54-56,64H,3-53,67-69H2,1-2H3,(H,70,75)(H,71,74). The highest BCUT2D eigenvalue weighted by molar-refractivity contribution is 8.02. The van der Waals surface area contributed by atoms with E-state index in [0.29, 0.717) is 85.5 Å². The topological polar surface area (TPSA) is 325 Å². The lowest BCUT2D eigenvalue weighted by molar-refractivity contribution is -0.157. The average Bonchev–Trinajstić information content (AvgIpc) is 1.78. The molecule has 0 aromatic heterocycles. The van der Waals surface area contributed by atoms with E-state index in [2.05, 4.69) is 24.6 Å². The highest BCUT2D eigenvalue weighted by atomic mass is 32.2. The third-order valence-corrected chi connectivity index (χ3v) is 18.1. The Balaban J connectivity index is 1.58. The first-order valence-corrected chi connectivity index (χ1v) is 36.7. The molecule has 1 aliphatic heterocycles. The lowest BCUT2D eigenvalue weighted by atomic mass is 10.0. The molecule has 0 radical (unpaired) electrons. The van der Waals surface area contributed by atoms with Gasteiger partial charge in [0.2, 0.25) is 23.6 Å². The predicted molar refractivity (Wildman–Crippen MR) is 355 cm³/mol. The number of nitrogens with one attached hydrogen (secondary N) is 2. The largest absolute Gasteiger partial charge is 0.462 e. The SMILES string of the molecule is CCCCCCCCCCCCCCCC(=O)OCC(CSCC(N)C(=O)C(N)SC1CC(=O)N(CCC(=O)NOCC(=O)NCCOCCOCCOCCOCCOCCOCCC(=O)C2(N)CC2)C1=O)OC(=O)CCCCCCCCCCCCCCC. The van der Waals surface area contributed by atoms with Crippen LogP contribution in [0.2, 0.25) is 0 Å². The van der Waals surface area contributed by atoms with Crippen LogP contribution in [0.5, 0.6) is 0 Å². The summed E-state index contributed by atoms with van der Waals surface area (Å²) in [5, 5.41) is 0.403. The highest BCUT2D eigenvalue weighted by Gasteiger charge is 2.45. The molecule has 25 heteroatoms. The molecule has 1 heterocycles. The van der Waals surface area contributed by atoms with Crippen LogP contribution in [-0.4, -0.2) is 197 Å². The van der Waals surface area contributed by atoms with Crippen LogP contribution >= 0.6 is 23.5 Å². The smallest absolute Gasteiger partial charge is 0.306 e. The number of hydroxylamine groups is 1. The molecule has 1 saturated heterocycles. The van der Waals surface area contributed by atoms with Crippen molar-refractivity contribution in [2.45, 2.75) is 254 Å². The van der Waals surface area contributed by atoms with E-state index in [1.54, 1.807) is 0 Å². The number of carbonyl (C=O) groups excluding carboxylic acids is 8. The molecule has 1 aliphatic carbocycles. The second-order valence-corrected chi connectivity index (χ2v) is 26.3. The van der Waals surface area contributed by atoms with Crippen molar-refractivity contribution in [1.29, 1.82) is 0 Å². The molecule has 528 valence electrons. The van der Waals surface area contributed by atoms with Gasteiger partial charge in [0.25, 0.3) is 0 Å². The van der Waals surface area contributed by atoms with Crippen LogP contribution in [0.25, 0.3) is 0 Å². The van der Waals surface area contributed by atoms with Gasteiger partial charge in [-0.1, -0.05) is 168 Å². The van der Waals surface area contributed by atoms with Crippen LogP contribution in [0, 0.1) is 0 Å². The lowest BCUT2D eigenvalue weighted by Gasteiger charge is -2.20. The van der Waals surface area contributed by atoms with Gasteiger partial charge in [0.15, 0.2) is 18.2 Å². The van der Waals surface area contributed by atoms with E-state index < -0.39 is 64.3 Å². The van der Waals surface area contributed by atoms with Gasteiger partial charge in [0, 0.05) is 56.7 Å². The Morgan fingerprint density at radius 1 is 0.549 bits per heavy atom. The molecule has 0 aromatic rings. The first-order valence-electron chi connectivity index (χ1n) is 34.6. The number of Topliss-reactive ketones (excluding diaryl/α,β-unsaturated/α-hetero) is 2. The fraction of sp³-hybridized carbons (Fsp3) is 0.879. The third kappa shape index (κ3) is 46.4. The number of thioether (sulfide) groups is 2. The molecule has 0 aromatic carbocycles. The first-order chi connectivity index (χ1) is 44.2. The average molecular weight is 1330 g/mol. The van der Waals surface area contributed by atoms with E-state index in [1.165, 1.54) is 127 Å². The molecule has 8 N–H and O–H groups in total. The summed E-state index contributed by atoms with van der Waals surface area (Å²) in [5.41, 5.74) is 19.9. The Bertz CT molecular complexity index is 1940. The van der Waals surface area contributed by atoms with E-state index in [4.69, 9.17) is 59.9 Å². The molecule has 0 bridgehead atoms. The van der Waals surface area contributed by atoms with Crippen molar-refractivity contribution < 1.29 is 81.1 Å². The Hall–Kier alpha value is -3.34. The minimum atomic E-state index is -1.23. The maximum Gasteiger partial charge on any atom is 0.306 e. The molecule has 4 atom stereocenters. The number of unbranched alkanes of at least 4 members (excludes halogenated alkanes) is 24. The molecule has 2 fully saturated rings. The Morgan fingerprint density at radius 2 is 0.989 bits per heavy atom. The Labute approximate surface area is 553 Å². The molecule has 91 heavy (non-hydrogen) atoms. The second-order valence-electron chi connectivity index (χ2n) is 23.9. The van der Waals surface area contributed by atoms with Gasteiger partial charge in [0.05, 0.1) is 96.1 Å². The van der Waals surface area contributed by atoms with Crippen molar-refractivity contribution in [1.82, 2.24) is 15.7 Å². The maximum atomic E-state index is 13.4. The minimum Gasteiger partial charge on any atom is -0.462 e. The fourth-order valence-electron chi connectivity index (χ4n) is 9.84. The lowest BCUT2D eigenvalue weighted by Crippen LogP contribution is -2.44. The quantitative estimate of drug-likeness (QED) is 0.0126. The number of carbonyl (C=O) groups is 8. The Kier molecular flexibility index (Phi) is 52.4. The van der Waals surface area contributed by atoms with Crippen LogP contribution in [0.1, 0.15) is 226 Å². The number of hydrogen-bond donors (Lipinski definition) is 5. The number of ketones is 2. The summed E-state index contributed by atoms with van der Waals surface area (Å²) in [7, 11) is 0. The van der Waals surface area contributed by atoms with Gasteiger partial charge in [-0.2, -0.15) is 11.8 Å². The zero-order chi connectivity index (χ0) is 66.3. The zero-order valence-corrected chi connectivity index (χ0v) is 57.4. The number of ether oxygens (including phenoxy) is 8. The van der Waals surface area contributed by atoms with Gasteiger partial charge in [-0.15, -0.1) is 11.8 Å². The third-order valence-electron chi connectivity index (χ3n) is 15.7. The van der Waals surface area contributed by atoms with Crippen LogP contribution in [0.3, 0.4) is 0 Å². The summed E-state index contributed by atoms with van der Waals surface area (Å²) in [6, 6.07) is -1.05. The summed E-state index contributed by atoms with van der Waals surface area (Å²) in [5.74, 6) is -3.16. The number of imide groups is 1. The van der Waals surface area contributed by atoms with Crippen molar-refractivity contribution in [3.05, 3.63) is 0 Å². The number of likely N-dealkylation sites (tertiary alicyclic amines) is 1. The number of nitrogens with two attached hydrogens (primary N) is 3. The summed E-state index contributed by atoms with van der Waals surface area (Å²) in [4.78, 5) is 108. The summed E-state index contributed by atoms with van der Waals surface area (Å²) < 4.78 is 44.2. The van der Waals surface area contributed by atoms with Gasteiger partial charge in [-0.3, -0.25) is 48.1 Å². The van der Waals surface area contributed by atoms with Crippen molar-refractivity contribution in [3.8, 4) is 0 Å². The van der Waals surface area contributed by atoms with Crippen molar-refractivity contribution in [2.24, 2.45) is 17.2 Å².